The summed E-state index contributed by atoms with van der Waals surface area (Å²) in [7, 11) is -1.42. The lowest BCUT2D eigenvalue weighted by Crippen LogP contribution is -2.65. The average molecular weight is 503 g/mol. The van der Waals surface area contributed by atoms with E-state index in [9.17, 15) is 8.42 Å². The van der Waals surface area contributed by atoms with Crippen molar-refractivity contribution in [1.82, 2.24) is 10.6 Å². The zero-order chi connectivity index (χ0) is 19.3. The molecule has 1 aliphatic rings. The fraction of sp³-hybridized carbons (Fsp3) is 0.944. The Bertz CT molecular complexity index is 555. The Morgan fingerprint density at radius 3 is 2.23 bits per heavy atom. The van der Waals surface area contributed by atoms with Gasteiger partial charge in [-0.05, 0) is 47.0 Å². The summed E-state index contributed by atoms with van der Waals surface area (Å²) in [6, 6.07) is 0.296. The summed E-state index contributed by atoms with van der Waals surface area (Å²) in [5.74, 6) is 0.756. The number of hydrogen-bond donors (Lipinski definition) is 2. The molecule has 0 aromatic carbocycles. The van der Waals surface area contributed by atoms with Crippen LogP contribution in [0.3, 0.4) is 0 Å². The van der Waals surface area contributed by atoms with Crippen LogP contribution in [-0.2, 0) is 14.6 Å². The van der Waals surface area contributed by atoms with Gasteiger partial charge in [0.1, 0.15) is 0 Å². The maximum atomic E-state index is 12.2. The number of sulfone groups is 1. The number of ether oxygens (including phenoxy) is 1. The number of nitrogens with zero attached hydrogens (tertiary/aromatic N) is 1. The van der Waals surface area contributed by atoms with E-state index in [4.69, 9.17) is 4.74 Å². The zero-order valence-corrected chi connectivity index (χ0v) is 20.5. The lowest BCUT2D eigenvalue weighted by atomic mass is 9.58. The molecule has 8 heteroatoms. The van der Waals surface area contributed by atoms with Gasteiger partial charge in [0.05, 0.1) is 16.6 Å². The highest BCUT2D eigenvalue weighted by Gasteiger charge is 2.53. The molecule has 0 heterocycles. The van der Waals surface area contributed by atoms with Crippen molar-refractivity contribution in [2.45, 2.75) is 77.7 Å². The van der Waals surface area contributed by atoms with E-state index in [0.717, 1.165) is 25.9 Å². The van der Waals surface area contributed by atoms with Gasteiger partial charge in [0.2, 0.25) is 0 Å². The summed E-state index contributed by atoms with van der Waals surface area (Å²) in [4.78, 5) is 4.26. The summed E-state index contributed by atoms with van der Waals surface area (Å²) in [5, 5.41) is 6.62. The predicted octanol–water partition coefficient (Wildman–Crippen LogP) is 2.97. The fourth-order valence-electron chi connectivity index (χ4n) is 3.55. The second-order valence-electron chi connectivity index (χ2n) is 7.75. The first-order chi connectivity index (χ1) is 11.6. The summed E-state index contributed by atoms with van der Waals surface area (Å²) >= 11 is 0. The summed E-state index contributed by atoms with van der Waals surface area (Å²) in [6.07, 6.45) is 3.32. The Kier molecular flexibility index (Phi) is 10.4. The van der Waals surface area contributed by atoms with Gasteiger partial charge in [-0.15, -0.1) is 24.0 Å². The number of rotatable bonds is 8. The highest BCUT2D eigenvalue weighted by molar-refractivity contribution is 14.0. The van der Waals surface area contributed by atoms with Gasteiger partial charge in [-0.2, -0.15) is 0 Å². The molecule has 0 bridgehead atoms. The first-order valence-corrected chi connectivity index (χ1v) is 11.0. The standard InChI is InChI=1S/C18H37N3O3S.HI/c1-8-18(9-2)14(13-15(18)24-10-3)21-16(19-7)20-11-12-25(22,23)17(4,5)6;/h14-15H,8-13H2,1-7H3,(H2,19,20,21);1H. The second kappa shape index (κ2) is 10.5. The SMILES string of the molecule is CCOC1CC(NC(=NC)NCCS(=O)(=O)C(C)(C)C)C1(CC)CC.I. The van der Waals surface area contributed by atoms with E-state index in [0.29, 0.717) is 18.5 Å². The van der Waals surface area contributed by atoms with E-state index >= 15 is 0 Å². The molecule has 0 saturated heterocycles. The Hall–Kier alpha value is -0.0900. The van der Waals surface area contributed by atoms with E-state index in [2.05, 4.69) is 29.5 Å². The molecule has 6 nitrogen and oxygen atoms in total. The quantitative estimate of drug-likeness (QED) is 0.303. The van der Waals surface area contributed by atoms with E-state index < -0.39 is 14.6 Å². The number of nitrogens with one attached hydrogen (secondary N) is 2. The van der Waals surface area contributed by atoms with Crippen LogP contribution < -0.4 is 10.6 Å². The summed E-state index contributed by atoms with van der Waals surface area (Å²) in [5.41, 5.74) is 0.116. The first kappa shape index (κ1) is 25.9. The van der Waals surface area contributed by atoms with Gasteiger partial charge >= 0.3 is 0 Å². The van der Waals surface area contributed by atoms with Crippen LogP contribution in [0.1, 0.15) is 60.8 Å². The molecule has 1 fully saturated rings. The second-order valence-corrected chi connectivity index (χ2v) is 10.6. The van der Waals surface area contributed by atoms with Crippen LogP contribution >= 0.6 is 24.0 Å². The topological polar surface area (TPSA) is 79.8 Å². The van der Waals surface area contributed by atoms with Crippen molar-refractivity contribution in [2.75, 3.05) is 26.0 Å². The number of halogens is 1. The van der Waals surface area contributed by atoms with Crippen molar-refractivity contribution in [3.8, 4) is 0 Å². The zero-order valence-electron chi connectivity index (χ0n) is 17.4. The number of aliphatic imine (C=N–C) groups is 1. The van der Waals surface area contributed by atoms with Crippen LogP contribution in [0.15, 0.2) is 4.99 Å². The van der Waals surface area contributed by atoms with Crippen LogP contribution in [0.4, 0.5) is 0 Å². The lowest BCUT2D eigenvalue weighted by Gasteiger charge is -2.55. The normalized spacial score (nSPS) is 23.0. The molecular formula is C18H38IN3O3S. The predicted molar refractivity (Wildman–Crippen MR) is 120 cm³/mol. The van der Waals surface area contributed by atoms with E-state index in [-0.39, 0.29) is 41.2 Å². The molecule has 0 aromatic heterocycles. The van der Waals surface area contributed by atoms with E-state index in [1.54, 1.807) is 27.8 Å². The maximum Gasteiger partial charge on any atom is 0.191 e. The highest BCUT2D eigenvalue weighted by atomic mass is 127. The molecule has 0 radical (unpaired) electrons. The van der Waals surface area contributed by atoms with Gasteiger partial charge in [0.25, 0.3) is 0 Å². The van der Waals surface area contributed by atoms with Gasteiger partial charge in [-0.3, -0.25) is 4.99 Å². The largest absolute Gasteiger partial charge is 0.378 e. The maximum absolute atomic E-state index is 12.2. The minimum atomic E-state index is -3.14. The molecular weight excluding hydrogens is 465 g/mol. The number of hydrogen-bond acceptors (Lipinski definition) is 4. The highest BCUT2D eigenvalue weighted by Crippen LogP contribution is 2.48. The van der Waals surface area contributed by atoms with Crippen LogP contribution in [0.25, 0.3) is 0 Å². The van der Waals surface area contributed by atoms with Gasteiger partial charge in [0.15, 0.2) is 15.8 Å². The Balaban J connectivity index is 0.00000625. The lowest BCUT2D eigenvalue weighted by molar-refractivity contribution is -0.133. The van der Waals surface area contributed by atoms with Crippen molar-refractivity contribution >= 4 is 39.8 Å². The summed E-state index contributed by atoms with van der Waals surface area (Å²) in [6.45, 7) is 12.7. The molecule has 0 spiro atoms. The van der Waals surface area contributed by atoms with Gasteiger partial charge in [0, 0.05) is 31.7 Å². The molecule has 156 valence electrons. The monoisotopic (exact) mass is 503 g/mol. The molecule has 26 heavy (non-hydrogen) atoms. The van der Waals surface area contributed by atoms with Gasteiger partial charge in [-0.25, -0.2) is 8.42 Å². The smallest absolute Gasteiger partial charge is 0.191 e. The minimum absolute atomic E-state index is 0. The Morgan fingerprint density at radius 1 is 1.23 bits per heavy atom. The van der Waals surface area contributed by atoms with Gasteiger partial charge < -0.3 is 15.4 Å². The third-order valence-corrected chi connectivity index (χ3v) is 8.21. The summed E-state index contributed by atoms with van der Waals surface area (Å²) < 4.78 is 29.6. The first-order valence-electron chi connectivity index (χ1n) is 9.39. The third kappa shape index (κ3) is 5.70. The van der Waals surface area contributed by atoms with Crippen LogP contribution in [-0.4, -0.2) is 57.2 Å². The fourth-order valence-corrected chi connectivity index (χ4v) is 4.54. The molecule has 2 atom stereocenters. The molecule has 1 saturated carbocycles. The third-order valence-electron chi connectivity index (χ3n) is 5.60. The van der Waals surface area contributed by atoms with Crippen molar-refractivity contribution in [3.63, 3.8) is 0 Å². The molecule has 0 aromatic rings. The number of guanidine groups is 1. The van der Waals surface area contributed by atoms with Crippen molar-refractivity contribution in [3.05, 3.63) is 0 Å². The molecule has 0 amide bonds. The molecule has 2 unspecified atom stereocenters. The van der Waals surface area contributed by atoms with Crippen LogP contribution in [0.2, 0.25) is 0 Å². The van der Waals surface area contributed by atoms with E-state index in [1.807, 2.05) is 6.92 Å². The van der Waals surface area contributed by atoms with Crippen LogP contribution in [0, 0.1) is 5.41 Å². The Labute approximate surface area is 177 Å². The van der Waals surface area contributed by atoms with Crippen molar-refractivity contribution in [1.29, 1.82) is 0 Å². The van der Waals surface area contributed by atoms with Crippen molar-refractivity contribution in [2.24, 2.45) is 10.4 Å². The molecule has 1 rings (SSSR count). The van der Waals surface area contributed by atoms with Crippen molar-refractivity contribution < 1.29 is 13.2 Å². The molecule has 0 aliphatic heterocycles. The van der Waals surface area contributed by atoms with E-state index in [1.165, 1.54) is 0 Å². The van der Waals surface area contributed by atoms with Crippen LogP contribution in [0.5, 0.6) is 0 Å². The molecule has 1 aliphatic carbocycles. The molecule has 2 N–H and O–H groups in total. The average Bonchev–Trinajstić information content (AvgIpc) is 2.52. The Morgan fingerprint density at radius 2 is 1.81 bits per heavy atom. The minimum Gasteiger partial charge on any atom is -0.378 e. The van der Waals surface area contributed by atoms with Gasteiger partial charge in [-0.1, -0.05) is 13.8 Å².